The Labute approximate surface area is 99.4 Å². The van der Waals surface area contributed by atoms with E-state index in [-0.39, 0.29) is 0 Å². The molecule has 3 nitrogen and oxygen atoms in total. The lowest BCUT2D eigenvalue weighted by Gasteiger charge is -2.30. The Morgan fingerprint density at radius 3 is 1.05 bits per heavy atom. The van der Waals surface area contributed by atoms with Crippen LogP contribution >= 0.6 is 0 Å². The molecule has 122 valence electrons. The molecule has 20 heavy (non-hydrogen) atoms. The van der Waals surface area contributed by atoms with Gasteiger partial charge in [-0.2, -0.15) is 35.1 Å². The third kappa shape index (κ3) is 4.27. The first kappa shape index (κ1) is 19.0. The average molecular weight is 336 g/mol. The Morgan fingerprint density at radius 1 is 0.450 bits per heavy atom. The Morgan fingerprint density at radius 2 is 0.750 bits per heavy atom. The van der Waals surface area contributed by atoms with Crippen LogP contribution in [-0.4, -0.2) is 30.8 Å². The molecule has 0 aliphatic heterocycles. The number of alkyl halides is 11. The van der Waals surface area contributed by atoms with Crippen LogP contribution < -0.4 is 0 Å². The summed E-state index contributed by atoms with van der Waals surface area (Å²) in [6, 6.07) is 0. The molecule has 0 aliphatic rings. The normalized spacial score (nSPS) is 15.6. The van der Waals surface area contributed by atoms with Gasteiger partial charge in [0.2, 0.25) is 0 Å². The van der Waals surface area contributed by atoms with Gasteiger partial charge in [-0.15, -0.1) is 18.1 Å². The largest absolute Gasteiger partial charge is 0.527 e. The summed E-state index contributed by atoms with van der Waals surface area (Å²) in [6.07, 6.45) is -33.4. The molecule has 0 amide bonds. The predicted octanol–water partition coefficient (Wildman–Crippen LogP) is 3.81. The maximum absolute atomic E-state index is 12.3. The van der Waals surface area contributed by atoms with Crippen molar-refractivity contribution in [1.29, 1.82) is 0 Å². The molecule has 0 rings (SSSR count). The molecule has 0 aromatic heterocycles. The molecule has 0 aromatic rings. The summed E-state index contributed by atoms with van der Waals surface area (Å²) in [5.74, 6) is 0. The topological polar surface area (TPSA) is 27.7 Å². The molecule has 0 radical (unpaired) electrons. The summed E-state index contributed by atoms with van der Waals surface area (Å²) in [4.78, 5) is 1.21. The van der Waals surface area contributed by atoms with Gasteiger partial charge in [-0.1, -0.05) is 0 Å². The molecule has 0 bridgehead atoms. The second kappa shape index (κ2) is 5.10. The fourth-order valence-electron chi connectivity index (χ4n) is 0.529. The van der Waals surface area contributed by atoms with Crippen molar-refractivity contribution in [3.63, 3.8) is 0 Å². The number of hydrogen-bond acceptors (Lipinski definition) is 3. The predicted molar refractivity (Wildman–Crippen MR) is 30.2 cm³/mol. The fraction of sp³-hybridized carbons (Fsp3) is 1.00. The van der Waals surface area contributed by atoms with Gasteiger partial charge in [0.25, 0.3) is 0 Å². The second-order valence-electron chi connectivity index (χ2n) is 2.79. The molecule has 15 heteroatoms. The van der Waals surface area contributed by atoms with E-state index < -0.39 is 30.8 Å². The molecule has 0 N–H and O–H groups in total. The number of ether oxygens (including phenoxy) is 2. The van der Waals surface area contributed by atoms with Crippen molar-refractivity contribution in [1.82, 2.24) is 0 Å². The zero-order chi connectivity index (χ0) is 16.6. The Kier molecular flexibility index (Phi) is 4.86. The van der Waals surface area contributed by atoms with E-state index in [1.54, 1.807) is 0 Å². The highest BCUT2D eigenvalue weighted by molar-refractivity contribution is 4.74. The Hall–Kier alpha value is -0.960. The van der Waals surface area contributed by atoms with Crippen LogP contribution in [0.25, 0.3) is 0 Å². The summed E-state index contributed by atoms with van der Waals surface area (Å²) in [6.45, 7) is 0. The lowest BCUT2D eigenvalue weighted by molar-refractivity contribution is -0.565. The third-order valence-electron chi connectivity index (χ3n) is 1.27. The quantitative estimate of drug-likeness (QED) is 0.691. The minimum atomic E-state index is -6.91. The van der Waals surface area contributed by atoms with Crippen molar-refractivity contribution >= 4 is 0 Å². The van der Waals surface area contributed by atoms with Crippen molar-refractivity contribution in [3.05, 3.63) is 0 Å². The molecule has 0 aliphatic carbocycles. The highest BCUT2D eigenvalue weighted by Crippen LogP contribution is 2.47. The van der Waals surface area contributed by atoms with E-state index in [2.05, 4.69) is 0 Å². The van der Waals surface area contributed by atoms with Crippen LogP contribution in [0.3, 0.4) is 0 Å². The standard InChI is InChI=1S/C5F12O3/c6-1(7,2(8,9)19-5(14,15)16)18-3(10,11)4(12,13)20-17. The molecule has 0 heterocycles. The minimum absolute atomic E-state index is 1.21. The van der Waals surface area contributed by atoms with Crippen LogP contribution in [0.1, 0.15) is 0 Å². The van der Waals surface area contributed by atoms with Gasteiger partial charge >= 0.3 is 30.8 Å². The summed E-state index contributed by atoms with van der Waals surface area (Å²) < 4.78 is 145. The van der Waals surface area contributed by atoms with Crippen LogP contribution in [-0.2, 0) is 14.4 Å². The van der Waals surface area contributed by atoms with E-state index in [1.807, 2.05) is 0 Å². The Balaban J connectivity index is 5.25. The van der Waals surface area contributed by atoms with Gasteiger partial charge in [0.1, 0.15) is 0 Å². The zero-order valence-corrected chi connectivity index (χ0v) is 8.26. The summed E-state index contributed by atoms with van der Waals surface area (Å²) in [5, 5.41) is 0. The molecular formula is C5F12O3. The fourth-order valence-corrected chi connectivity index (χ4v) is 0.529. The second-order valence-corrected chi connectivity index (χ2v) is 2.79. The van der Waals surface area contributed by atoms with Gasteiger partial charge in [-0.3, -0.25) is 0 Å². The SMILES string of the molecule is FOC(F)(F)C(F)(F)OC(F)(F)C(F)(F)OC(F)(F)F. The first-order valence-corrected chi connectivity index (χ1v) is 3.75. The van der Waals surface area contributed by atoms with E-state index in [9.17, 15) is 52.8 Å². The van der Waals surface area contributed by atoms with Gasteiger partial charge < -0.3 is 0 Å². The zero-order valence-electron chi connectivity index (χ0n) is 8.26. The third-order valence-corrected chi connectivity index (χ3v) is 1.27. The molecule has 0 fully saturated rings. The van der Waals surface area contributed by atoms with E-state index >= 15 is 0 Å². The van der Waals surface area contributed by atoms with Crippen molar-refractivity contribution in [2.75, 3.05) is 0 Å². The van der Waals surface area contributed by atoms with Crippen molar-refractivity contribution in [2.24, 2.45) is 0 Å². The van der Waals surface area contributed by atoms with Crippen LogP contribution in [0.5, 0.6) is 0 Å². The monoisotopic (exact) mass is 336 g/mol. The van der Waals surface area contributed by atoms with Gasteiger partial charge in [0.05, 0.1) is 0 Å². The van der Waals surface area contributed by atoms with E-state index in [4.69, 9.17) is 0 Å². The number of rotatable bonds is 6. The van der Waals surface area contributed by atoms with E-state index in [0.717, 1.165) is 0 Å². The summed E-state index contributed by atoms with van der Waals surface area (Å²) in [7, 11) is 0. The van der Waals surface area contributed by atoms with Crippen LogP contribution in [0.2, 0.25) is 0 Å². The number of halogens is 12. The summed E-state index contributed by atoms with van der Waals surface area (Å²) in [5.41, 5.74) is 0. The van der Waals surface area contributed by atoms with E-state index in [0.29, 0.717) is 0 Å². The van der Waals surface area contributed by atoms with Crippen LogP contribution in [0, 0.1) is 0 Å². The first-order valence-electron chi connectivity index (χ1n) is 3.75. The lowest BCUT2D eigenvalue weighted by atomic mass is 10.5. The molecule has 0 spiro atoms. The Bertz CT molecular complexity index is 334. The molecule has 0 saturated heterocycles. The molecular weight excluding hydrogens is 336 g/mol. The van der Waals surface area contributed by atoms with Gasteiger partial charge in [-0.05, 0) is 4.53 Å². The molecule has 0 saturated carbocycles. The van der Waals surface area contributed by atoms with Crippen molar-refractivity contribution in [3.8, 4) is 0 Å². The van der Waals surface area contributed by atoms with Crippen LogP contribution in [0.4, 0.5) is 52.8 Å². The first-order chi connectivity index (χ1) is 8.47. The van der Waals surface area contributed by atoms with Crippen molar-refractivity contribution < 1.29 is 67.2 Å². The van der Waals surface area contributed by atoms with Crippen LogP contribution in [0.15, 0.2) is 0 Å². The molecule has 0 unspecified atom stereocenters. The summed E-state index contributed by atoms with van der Waals surface area (Å²) >= 11 is 0. The maximum atomic E-state index is 12.3. The molecule has 0 atom stereocenters. The van der Waals surface area contributed by atoms with Gasteiger partial charge in [0.15, 0.2) is 0 Å². The van der Waals surface area contributed by atoms with Gasteiger partial charge in [0, 0.05) is 0 Å². The van der Waals surface area contributed by atoms with Gasteiger partial charge in [-0.25, -0.2) is 9.47 Å². The maximum Gasteiger partial charge on any atom is 0.527 e. The number of hydrogen-bond donors (Lipinski definition) is 0. The highest BCUT2D eigenvalue weighted by Gasteiger charge is 2.73. The smallest absolute Gasteiger partial charge is 0.241 e. The average Bonchev–Trinajstić information content (AvgIpc) is 2.11. The highest BCUT2D eigenvalue weighted by atomic mass is 19.4. The van der Waals surface area contributed by atoms with Crippen molar-refractivity contribution in [2.45, 2.75) is 30.8 Å². The minimum Gasteiger partial charge on any atom is -0.241 e. The van der Waals surface area contributed by atoms with E-state index in [1.165, 1.54) is 14.4 Å². The molecule has 0 aromatic carbocycles. The lowest BCUT2D eigenvalue weighted by Crippen LogP contribution is -2.55.